The van der Waals surface area contributed by atoms with Gasteiger partial charge in [-0.2, -0.15) is 5.10 Å². The highest BCUT2D eigenvalue weighted by Gasteiger charge is 2.37. The SMILES string of the molecule is Cc1noc(C2CC2)c1NC(=O)C1=NN(c2ccccc2)C(C(=O)O)C1. The number of hydrogen-bond donors (Lipinski definition) is 2. The summed E-state index contributed by atoms with van der Waals surface area (Å²) in [7, 11) is 0. The zero-order valence-electron chi connectivity index (χ0n) is 14.2. The Morgan fingerprint density at radius 3 is 2.65 bits per heavy atom. The molecule has 0 radical (unpaired) electrons. The van der Waals surface area contributed by atoms with E-state index < -0.39 is 17.9 Å². The third-order valence-electron chi connectivity index (χ3n) is 4.55. The van der Waals surface area contributed by atoms with Gasteiger partial charge in [-0.15, -0.1) is 0 Å². The van der Waals surface area contributed by atoms with Crippen LogP contribution >= 0.6 is 0 Å². The standard InChI is InChI=1S/C18H18N4O4/c1-10-15(16(26-21-10)11-7-8-11)19-17(23)13-9-14(18(24)25)22(20-13)12-5-3-2-4-6-12/h2-6,11,14H,7-9H2,1H3,(H,19,23)(H,24,25). The van der Waals surface area contributed by atoms with Gasteiger partial charge in [-0.1, -0.05) is 23.4 Å². The lowest BCUT2D eigenvalue weighted by Crippen LogP contribution is -2.34. The van der Waals surface area contributed by atoms with Crippen molar-refractivity contribution < 1.29 is 19.2 Å². The fraction of sp³-hybridized carbons (Fsp3) is 0.333. The molecule has 2 aliphatic rings. The minimum atomic E-state index is -1.03. The van der Waals surface area contributed by atoms with E-state index in [1.165, 1.54) is 5.01 Å². The number of aryl methyl sites for hydroxylation is 1. The molecule has 2 heterocycles. The number of benzene rings is 1. The van der Waals surface area contributed by atoms with Gasteiger partial charge in [0.1, 0.15) is 17.1 Å². The van der Waals surface area contributed by atoms with E-state index in [1.807, 2.05) is 6.07 Å². The van der Waals surface area contributed by atoms with E-state index in [0.717, 1.165) is 12.8 Å². The average molecular weight is 354 g/mol. The summed E-state index contributed by atoms with van der Waals surface area (Å²) in [5.74, 6) is -0.475. The zero-order chi connectivity index (χ0) is 18.3. The summed E-state index contributed by atoms with van der Waals surface area (Å²) in [6, 6.07) is 8.03. The van der Waals surface area contributed by atoms with E-state index >= 15 is 0 Å². The van der Waals surface area contributed by atoms with Gasteiger partial charge in [0.15, 0.2) is 11.8 Å². The summed E-state index contributed by atoms with van der Waals surface area (Å²) in [4.78, 5) is 24.3. The lowest BCUT2D eigenvalue weighted by molar-refractivity contribution is -0.138. The predicted octanol–water partition coefficient (Wildman–Crippen LogP) is 2.52. The average Bonchev–Trinajstić information content (AvgIpc) is 3.27. The first kappa shape index (κ1) is 16.3. The zero-order valence-corrected chi connectivity index (χ0v) is 14.2. The van der Waals surface area contributed by atoms with Crippen LogP contribution in [0.1, 0.15) is 36.6 Å². The van der Waals surface area contributed by atoms with Gasteiger partial charge in [0.2, 0.25) is 0 Å². The quantitative estimate of drug-likeness (QED) is 0.854. The Kier molecular flexibility index (Phi) is 3.95. The summed E-state index contributed by atoms with van der Waals surface area (Å²) in [5, 5.41) is 21.9. The van der Waals surface area contributed by atoms with Crippen molar-refractivity contribution in [1.29, 1.82) is 0 Å². The topological polar surface area (TPSA) is 108 Å². The van der Waals surface area contributed by atoms with Crippen LogP contribution in [0.4, 0.5) is 11.4 Å². The fourth-order valence-electron chi connectivity index (χ4n) is 3.01. The molecule has 4 rings (SSSR count). The van der Waals surface area contributed by atoms with Crippen LogP contribution in [0.5, 0.6) is 0 Å². The second-order valence-electron chi connectivity index (χ2n) is 6.52. The molecule has 1 saturated carbocycles. The summed E-state index contributed by atoms with van der Waals surface area (Å²) in [6.07, 6.45) is 2.06. The number of carboxylic acids is 1. The van der Waals surface area contributed by atoms with Gasteiger partial charge in [-0.05, 0) is 31.9 Å². The van der Waals surface area contributed by atoms with E-state index in [9.17, 15) is 14.7 Å². The number of nitrogens with zero attached hydrogens (tertiary/aromatic N) is 3. The molecule has 1 aliphatic heterocycles. The van der Waals surface area contributed by atoms with E-state index in [-0.39, 0.29) is 12.1 Å². The molecule has 0 spiro atoms. The molecule has 26 heavy (non-hydrogen) atoms. The Bertz CT molecular complexity index is 886. The molecule has 1 unspecified atom stereocenters. The van der Waals surface area contributed by atoms with Crippen LogP contribution in [0.2, 0.25) is 0 Å². The minimum absolute atomic E-state index is 0.0269. The van der Waals surface area contributed by atoms with Gasteiger partial charge in [0.25, 0.3) is 5.91 Å². The normalized spacial score (nSPS) is 19.3. The van der Waals surface area contributed by atoms with E-state index in [0.29, 0.717) is 28.7 Å². The van der Waals surface area contributed by atoms with Crippen molar-refractivity contribution in [2.75, 3.05) is 10.3 Å². The number of nitrogens with one attached hydrogen (secondary N) is 1. The number of anilines is 2. The highest BCUT2D eigenvalue weighted by molar-refractivity contribution is 6.44. The van der Waals surface area contributed by atoms with Gasteiger partial charge < -0.3 is 14.9 Å². The monoisotopic (exact) mass is 354 g/mol. The molecule has 8 nitrogen and oxygen atoms in total. The molecule has 1 aromatic carbocycles. The van der Waals surface area contributed by atoms with Crippen molar-refractivity contribution in [1.82, 2.24) is 5.16 Å². The van der Waals surface area contributed by atoms with E-state index in [1.54, 1.807) is 31.2 Å². The number of carboxylic acid groups (broad SMARTS) is 1. The van der Waals surface area contributed by atoms with Crippen LogP contribution in [0.25, 0.3) is 0 Å². The van der Waals surface area contributed by atoms with Crippen molar-refractivity contribution in [3.05, 3.63) is 41.8 Å². The van der Waals surface area contributed by atoms with Gasteiger partial charge >= 0.3 is 5.97 Å². The third-order valence-corrected chi connectivity index (χ3v) is 4.55. The van der Waals surface area contributed by atoms with Crippen molar-refractivity contribution in [3.63, 3.8) is 0 Å². The molecule has 0 saturated heterocycles. The minimum Gasteiger partial charge on any atom is -0.480 e. The maximum Gasteiger partial charge on any atom is 0.328 e. The molecule has 1 fully saturated rings. The smallest absolute Gasteiger partial charge is 0.328 e. The summed E-state index contributed by atoms with van der Waals surface area (Å²) in [6.45, 7) is 1.76. The van der Waals surface area contributed by atoms with Crippen molar-refractivity contribution in [2.45, 2.75) is 38.1 Å². The molecule has 2 N–H and O–H groups in total. The third kappa shape index (κ3) is 2.94. The number of aromatic nitrogens is 1. The summed E-state index contributed by atoms with van der Waals surface area (Å²) >= 11 is 0. The van der Waals surface area contributed by atoms with Crippen LogP contribution in [-0.4, -0.2) is 33.9 Å². The Morgan fingerprint density at radius 1 is 1.27 bits per heavy atom. The maximum absolute atomic E-state index is 12.7. The van der Waals surface area contributed by atoms with Gasteiger partial charge in [0, 0.05) is 12.3 Å². The largest absolute Gasteiger partial charge is 0.480 e. The molecule has 2 aromatic rings. The molecule has 134 valence electrons. The first-order valence-electron chi connectivity index (χ1n) is 8.46. The van der Waals surface area contributed by atoms with Crippen LogP contribution in [-0.2, 0) is 9.59 Å². The van der Waals surface area contributed by atoms with Gasteiger partial charge in [-0.3, -0.25) is 9.80 Å². The number of hydrazone groups is 1. The number of para-hydroxylation sites is 1. The predicted molar refractivity (Wildman–Crippen MR) is 94.2 cm³/mol. The molecule has 1 aliphatic carbocycles. The summed E-state index contributed by atoms with van der Waals surface area (Å²) in [5.41, 5.74) is 1.98. The van der Waals surface area contributed by atoms with Crippen LogP contribution < -0.4 is 10.3 Å². The number of amides is 1. The maximum atomic E-state index is 12.7. The molecular weight excluding hydrogens is 336 g/mol. The van der Waals surface area contributed by atoms with Crippen LogP contribution in [0.3, 0.4) is 0 Å². The first-order valence-corrected chi connectivity index (χ1v) is 8.46. The molecule has 8 heteroatoms. The number of hydrogen-bond acceptors (Lipinski definition) is 6. The number of carbonyl (C=O) groups is 2. The molecule has 0 bridgehead atoms. The molecule has 1 aromatic heterocycles. The number of rotatable bonds is 5. The van der Waals surface area contributed by atoms with Gasteiger partial charge in [-0.25, -0.2) is 4.79 Å². The van der Waals surface area contributed by atoms with E-state index in [4.69, 9.17) is 4.52 Å². The highest BCUT2D eigenvalue weighted by Crippen LogP contribution is 2.44. The Balaban J connectivity index is 1.58. The molecule has 1 atom stereocenters. The second-order valence-corrected chi connectivity index (χ2v) is 6.52. The lowest BCUT2D eigenvalue weighted by Gasteiger charge is -2.19. The number of carbonyl (C=O) groups excluding carboxylic acids is 1. The Hall–Kier alpha value is -3.16. The molecular formula is C18H18N4O4. The van der Waals surface area contributed by atoms with Crippen LogP contribution in [0, 0.1) is 6.92 Å². The number of aliphatic carboxylic acids is 1. The Morgan fingerprint density at radius 2 is 2.00 bits per heavy atom. The first-order chi connectivity index (χ1) is 12.5. The van der Waals surface area contributed by atoms with Crippen molar-refractivity contribution >= 4 is 29.0 Å². The van der Waals surface area contributed by atoms with Gasteiger partial charge in [0.05, 0.1) is 5.69 Å². The van der Waals surface area contributed by atoms with Crippen LogP contribution in [0.15, 0.2) is 40.0 Å². The van der Waals surface area contributed by atoms with Crippen molar-refractivity contribution in [2.24, 2.45) is 5.10 Å². The molecule has 1 amide bonds. The van der Waals surface area contributed by atoms with E-state index in [2.05, 4.69) is 15.6 Å². The van der Waals surface area contributed by atoms with Crippen molar-refractivity contribution in [3.8, 4) is 0 Å². The highest BCUT2D eigenvalue weighted by atomic mass is 16.5. The fourth-order valence-corrected chi connectivity index (χ4v) is 3.01. The second kappa shape index (κ2) is 6.29. The summed E-state index contributed by atoms with van der Waals surface area (Å²) < 4.78 is 5.32. The lowest BCUT2D eigenvalue weighted by atomic mass is 10.1. The Labute approximate surface area is 149 Å².